The Morgan fingerprint density at radius 2 is 2.14 bits per heavy atom. The summed E-state index contributed by atoms with van der Waals surface area (Å²) >= 11 is 0. The Balaban J connectivity index is 2.21. The van der Waals surface area contributed by atoms with Gasteiger partial charge in [-0.1, -0.05) is 0 Å². The molecule has 1 unspecified atom stereocenters. The van der Waals surface area contributed by atoms with Crippen LogP contribution < -0.4 is 10.6 Å². The van der Waals surface area contributed by atoms with Crippen molar-refractivity contribution >= 4 is 12.0 Å². The number of amides is 2. The minimum absolute atomic E-state index is 0.152. The van der Waals surface area contributed by atoms with E-state index in [4.69, 9.17) is 0 Å². The van der Waals surface area contributed by atoms with E-state index >= 15 is 0 Å². The number of nitrogens with one attached hydrogen (secondary N) is 2. The molecule has 0 aromatic carbocycles. The summed E-state index contributed by atoms with van der Waals surface area (Å²) in [6.45, 7) is 3.66. The third kappa shape index (κ3) is 3.64. The van der Waals surface area contributed by atoms with Crippen LogP contribution in [0.2, 0.25) is 0 Å². The zero-order chi connectivity index (χ0) is 10.6. The zero-order valence-electron chi connectivity index (χ0n) is 8.50. The first-order valence-corrected chi connectivity index (χ1v) is 4.87. The lowest BCUT2D eigenvalue weighted by Crippen LogP contribution is -2.45. The molecule has 5 heteroatoms. The molecule has 2 amide bonds. The number of alkyl carbamates (subject to hydrolysis) is 1. The van der Waals surface area contributed by atoms with Crippen LogP contribution in [0.5, 0.6) is 0 Å². The fourth-order valence-electron chi connectivity index (χ4n) is 0.969. The highest BCUT2D eigenvalue weighted by Crippen LogP contribution is 2.18. The summed E-state index contributed by atoms with van der Waals surface area (Å²) in [5, 5.41) is 5.23. The molecule has 0 heterocycles. The van der Waals surface area contributed by atoms with Crippen LogP contribution in [-0.4, -0.2) is 30.7 Å². The lowest BCUT2D eigenvalue weighted by molar-refractivity contribution is -0.122. The Bertz CT molecular complexity index is 226. The second kappa shape index (κ2) is 4.83. The first-order chi connectivity index (χ1) is 6.63. The van der Waals surface area contributed by atoms with E-state index in [1.54, 1.807) is 13.8 Å². The molecule has 1 atom stereocenters. The largest absolute Gasteiger partial charge is 0.450 e. The van der Waals surface area contributed by atoms with E-state index in [1.807, 2.05) is 0 Å². The van der Waals surface area contributed by atoms with Crippen LogP contribution in [0.4, 0.5) is 4.79 Å². The van der Waals surface area contributed by atoms with Gasteiger partial charge in [0.15, 0.2) is 0 Å². The zero-order valence-corrected chi connectivity index (χ0v) is 8.50. The number of hydrogen-bond acceptors (Lipinski definition) is 3. The molecular formula is C9H16N2O3. The van der Waals surface area contributed by atoms with E-state index in [0.29, 0.717) is 12.6 Å². The standard InChI is InChI=1S/C9H16N2O3/c1-3-14-9(13)10-6(2)8(12)11-7-4-5-7/h6-7H,3-5H2,1-2H3,(H,10,13)(H,11,12). The number of ether oxygens (including phenoxy) is 1. The van der Waals surface area contributed by atoms with E-state index in [1.165, 1.54) is 0 Å². The SMILES string of the molecule is CCOC(=O)NC(C)C(=O)NC1CC1. The summed E-state index contributed by atoms with van der Waals surface area (Å²) in [6.07, 6.45) is 1.53. The fraction of sp³-hybridized carbons (Fsp3) is 0.778. The van der Waals surface area contributed by atoms with Crippen LogP contribution in [-0.2, 0) is 9.53 Å². The van der Waals surface area contributed by atoms with E-state index in [-0.39, 0.29) is 5.91 Å². The van der Waals surface area contributed by atoms with Crippen LogP contribution >= 0.6 is 0 Å². The van der Waals surface area contributed by atoms with Gasteiger partial charge in [-0.05, 0) is 26.7 Å². The van der Waals surface area contributed by atoms with Gasteiger partial charge in [-0.3, -0.25) is 4.79 Å². The van der Waals surface area contributed by atoms with Gasteiger partial charge < -0.3 is 15.4 Å². The molecule has 0 aromatic heterocycles. The Hall–Kier alpha value is -1.26. The molecule has 0 bridgehead atoms. The normalized spacial score (nSPS) is 17.0. The lowest BCUT2D eigenvalue weighted by atomic mass is 10.3. The third-order valence-corrected chi connectivity index (χ3v) is 1.93. The summed E-state index contributed by atoms with van der Waals surface area (Å²) in [7, 11) is 0. The number of carbonyl (C=O) groups is 2. The summed E-state index contributed by atoms with van der Waals surface area (Å²) in [6, 6.07) is -0.219. The summed E-state index contributed by atoms with van der Waals surface area (Å²) in [4.78, 5) is 22.3. The molecule has 1 saturated carbocycles. The van der Waals surface area contributed by atoms with Crippen molar-refractivity contribution in [2.24, 2.45) is 0 Å². The predicted octanol–water partition coefficient (Wildman–Crippen LogP) is 0.400. The third-order valence-electron chi connectivity index (χ3n) is 1.93. The van der Waals surface area contributed by atoms with Gasteiger partial charge in [0.25, 0.3) is 0 Å². The quantitative estimate of drug-likeness (QED) is 0.690. The first kappa shape index (κ1) is 10.8. The van der Waals surface area contributed by atoms with Gasteiger partial charge in [-0.25, -0.2) is 4.79 Å². The van der Waals surface area contributed by atoms with Gasteiger partial charge in [-0.2, -0.15) is 0 Å². The van der Waals surface area contributed by atoms with Gasteiger partial charge in [0, 0.05) is 6.04 Å². The highest BCUT2D eigenvalue weighted by molar-refractivity contribution is 5.85. The molecule has 0 aliphatic heterocycles. The monoisotopic (exact) mass is 200 g/mol. The van der Waals surface area contributed by atoms with Gasteiger partial charge in [0.1, 0.15) is 6.04 Å². The number of hydrogen-bond donors (Lipinski definition) is 2. The fourth-order valence-corrected chi connectivity index (χ4v) is 0.969. The summed E-state index contributed by atoms with van der Waals surface area (Å²) < 4.78 is 4.65. The van der Waals surface area contributed by atoms with Gasteiger partial charge >= 0.3 is 6.09 Å². The molecule has 80 valence electrons. The molecule has 14 heavy (non-hydrogen) atoms. The van der Waals surface area contributed by atoms with E-state index in [2.05, 4.69) is 15.4 Å². The van der Waals surface area contributed by atoms with Crippen molar-refractivity contribution in [2.45, 2.75) is 38.8 Å². The molecule has 2 N–H and O–H groups in total. The predicted molar refractivity (Wildman–Crippen MR) is 50.8 cm³/mol. The van der Waals surface area contributed by atoms with Crippen LogP contribution in [0, 0.1) is 0 Å². The van der Waals surface area contributed by atoms with Crippen LogP contribution in [0.1, 0.15) is 26.7 Å². The molecule has 1 fully saturated rings. The Morgan fingerprint density at radius 1 is 1.50 bits per heavy atom. The van der Waals surface area contributed by atoms with Crippen molar-refractivity contribution in [3.63, 3.8) is 0 Å². The second-order valence-electron chi connectivity index (χ2n) is 3.37. The van der Waals surface area contributed by atoms with Crippen molar-refractivity contribution in [2.75, 3.05) is 6.61 Å². The molecule has 0 aromatic rings. The smallest absolute Gasteiger partial charge is 0.407 e. The lowest BCUT2D eigenvalue weighted by Gasteiger charge is -2.13. The number of rotatable bonds is 4. The van der Waals surface area contributed by atoms with E-state index in [0.717, 1.165) is 12.8 Å². The van der Waals surface area contributed by atoms with Crippen LogP contribution in [0.3, 0.4) is 0 Å². The van der Waals surface area contributed by atoms with Crippen molar-refractivity contribution in [3.05, 3.63) is 0 Å². The Morgan fingerprint density at radius 3 is 2.64 bits per heavy atom. The molecule has 1 aliphatic carbocycles. The summed E-state index contributed by atoms with van der Waals surface area (Å²) in [5.41, 5.74) is 0. The van der Waals surface area contributed by atoms with Crippen LogP contribution in [0.25, 0.3) is 0 Å². The van der Waals surface area contributed by atoms with Crippen LogP contribution in [0.15, 0.2) is 0 Å². The average molecular weight is 200 g/mol. The van der Waals surface area contributed by atoms with Crippen molar-refractivity contribution in [1.29, 1.82) is 0 Å². The number of carbonyl (C=O) groups excluding carboxylic acids is 2. The van der Waals surface area contributed by atoms with E-state index < -0.39 is 12.1 Å². The maximum atomic E-state index is 11.4. The maximum absolute atomic E-state index is 11.4. The first-order valence-electron chi connectivity index (χ1n) is 4.87. The van der Waals surface area contributed by atoms with E-state index in [9.17, 15) is 9.59 Å². The highest BCUT2D eigenvalue weighted by atomic mass is 16.5. The molecule has 0 spiro atoms. The molecule has 1 rings (SSSR count). The minimum atomic E-state index is -0.550. The highest BCUT2D eigenvalue weighted by Gasteiger charge is 2.26. The average Bonchev–Trinajstić information content (AvgIpc) is 2.88. The second-order valence-corrected chi connectivity index (χ2v) is 3.37. The topological polar surface area (TPSA) is 67.4 Å². The minimum Gasteiger partial charge on any atom is -0.450 e. The van der Waals surface area contributed by atoms with Crippen molar-refractivity contribution in [3.8, 4) is 0 Å². The molecule has 5 nitrogen and oxygen atoms in total. The summed E-state index contributed by atoms with van der Waals surface area (Å²) in [5.74, 6) is -0.152. The molecule has 1 aliphatic rings. The Kier molecular flexibility index (Phi) is 3.73. The van der Waals surface area contributed by atoms with Gasteiger partial charge in [0.05, 0.1) is 6.61 Å². The Labute approximate surface area is 83.2 Å². The molecule has 0 radical (unpaired) electrons. The van der Waals surface area contributed by atoms with Crippen molar-refractivity contribution in [1.82, 2.24) is 10.6 Å². The van der Waals surface area contributed by atoms with Crippen molar-refractivity contribution < 1.29 is 14.3 Å². The maximum Gasteiger partial charge on any atom is 0.407 e. The molecule has 0 saturated heterocycles. The van der Waals surface area contributed by atoms with Gasteiger partial charge in [0.2, 0.25) is 5.91 Å². The molecular weight excluding hydrogens is 184 g/mol. The van der Waals surface area contributed by atoms with Gasteiger partial charge in [-0.15, -0.1) is 0 Å².